The lowest BCUT2D eigenvalue weighted by Gasteiger charge is -2.26. The summed E-state index contributed by atoms with van der Waals surface area (Å²) in [5.74, 6) is 0.517. The number of nitrogens with two attached hydrogens (primary N) is 1. The Hall–Kier alpha value is -3.21. The van der Waals surface area contributed by atoms with Gasteiger partial charge in [0.1, 0.15) is 5.82 Å². The first-order chi connectivity index (χ1) is 13.2. The Labute approximate surface area is 158 Å². The zero-order valence-electron chi connectivity index (χ0n) is 15.3. The molecule has 2 N–H and O–H groups in total. The second kappa shape index (κ2) is 6.20. The van der Waals surface area contributed by atoms with Crippen LogP contribution in [0.15, 0.2) is 75.5 Å². The van der Waals surface area contributed by atoms with Crippen LogP contribution in [-0.4, -0.2) is 36.0 Å². The van der Waals surface area contributed by atoms with Crippen molar-refractivity contribution >= 4 is 22.9 Å². The van der Waals surface area contributed by atoms with Gasteiger partial charge >= 0.3 is 0 Å². The highest BCUT2D eigenvalue weighted by molar-refractivity contribution is 6.23. The minimum atomic E-state index is 0.517. The summed E-state index contributed by atoms with van der Waals surface area (Å²) in [5.41, 5.74) is 15.3. The first-order valence-corrected chi connectivity index (χ1v) is 9.28. The van der Waals surface area contributed by atoms with Gasteiger partial charge in [0.05, 0.1) is 18.0 Å². The average molecular weight is 355 g/mol. The molecule has 0 unspecified atom stereocenters. The number of hydrogen-bond donors (Lipinski definition) is 1. The SMILES string of the molecule is CC1=CC2=C(CN3CCc4ccccc43)C(c3ccnc(N)c3)=NCC2=N1. The molecule has 0 saturated heterocycles. The first-order valence-electron chi connectivity index (χ1n) is 9.28. The van der Waals surface area contributed by atoms with E-state index >= 15 is 0 Å². The number of aromatic nitrogens is 1. The molecule has 1 aromatic heterocycles. The number of pyridine rings is 1. The normalized spacial score (nSPS) is 18.1. The third-order valence-corrected chi connectivity index (χ3v) is 5.36. The summed E-state index contributed by atoms with van der Waals surface area (Å²) in [7, 11) is 0. The Morgan fingerprint density at radius 3 is 2.96 bits per heavy atom. The molecule has 0 bridgehead atoms. The molecule has 27 heavy (non-hydrogen) atoms. The van der Waals surface area contributed by atoms with Crippen LogP contribution in [0.3, 0.4) is 0 Å². The fraction of sp³-hybridized carbons (Fsp3) is 0.227. The maximum Gasteiger partial charge on any atom is 0.123 e. The average Bonchev–Trinajstić information content (AvgIpc) is 3.25. The fourth-order valence-corrected chi connectivity index (χ4v) is 4.14. The van der Waals surface area contributed by atoms with E-state index in [2.05, 4.69) is 45.2 Å². The maximum absolute atomic E-state index is 5.94. The Kier molecular flexibility index (Phi) is 3.67. The molecule has 3 aliphatic heterocycles. The molecule has 0 radical (unpaired) electrons. The highest BCUT2D eigenvalue weighted by Crippen LogP contribution is 2.32. The minimum Gasteiger partial charge on any atom is -0.384 e. The van der Waals surface area contributed by atoms with E-state index in [1.165, 1.54) is 22.4 Å². The van der Waals surface area contributed by atoms with Gasteiger partial charge in [-0.25, -0.2) is 4.98 Å². The molecule has 4 heterocycles. The van der Waals surface area contributed by atoms with Crippen molar-refractivity contribution < 1.29 is 0 Å². The van der Waals surface area contributed by atoms with Crippen molar-refractivity contribution in [1.82, 2.24) is 4.98 Å². The van der Waals surface area contributed by atoms with Crippen LogP contribution in [0.4, 0.5) is 11.5 Å². The summed E-state index contributed by atoms with van der Waals surface area (Å²) in [6.45, 7) is 4.50. The molecule has 1 aromatic carbocycles. The summed E-state index contributed by atoms with van der Waals surface area (Å²) < 4.78 is 0. The number of rotatable bonds is 3. The largest absolute Gasteiger partial charge is 0.384 e. The van der Waals surface area contributed by atoms with Crippen molar-refractivity contribution in [2.24, 2.45) is 9.98 Å². The van der Waals surface area contributed by atoms with Gasteiger partial charge in [0.15, 0.2) is 0 Å². The van der Waals surface area contributed by atoms with Crippen molar-refractivity contribution in [2.75, 3.05) is 30.3 Å². The molecule has 3 aliphatic rings. The molecule has 5 rings (SSSR count). The molecule has 0 spiro atoms. The van der Waals surface area contributed by atoms with Gasteiger partial charge in [-0.15, -0.1) is 0 Å². The lowest BCUT2D eigenvalue weighted by Crippen LogP contribution is -2.31. The summed E-state index contributed by atoms with van der Waals surface area (Å²) >= 11 is 0. The van der Waals surface area contributed by atoms with Gasteiger partial charge in [-0.1, -0.05) is 18.2 Å². The fourth-order valence-electron chi connectivity index (χ4n) is 4.14. The molecule has 0 atom stereocenters. The Morgan fingerprint density at radius 1 is 1.19 bits per heavy atom. The van der Waals surface area contributed by atoms with Gasteiger partial charge in [0.2, 0.25) is 0 Å². The van der Waals surface area contributed by atoms with Crippen molar-refractivity contribution in [3.8, 4) is 0 Å². The van der Waals surface area contributed by atoms with Crippen molar-refractivity contribution in [3.63, 3.8) is 0 Å². The Morgan fingerprint density at radius 2 is 2.07 bits per heavy atom. The summed E-state index contributed by atoms with van der Waals surface area (Å²) in [6.07, 6.45) is 5.02. The quantitative estimate of drug-likeness (QED) is 0.919. The molecule has 5 heteroatoms. The van der Waals surface area contributed by atoms with Gasteiger partial charge in [0, 0.05) is 47.4 Å². The predicted octanol–water partition coefficient (Wildman–Crippen LogP) is 3.18. The van der Waals surface area contributed by atoms with Crippen LogP contribution in [0.25, 0.3) is 0 Å². The number of nitrogen functional groups attached to an aromatic ring is 1. The first kappa shape index (κ1) is 16.0. The van der Waals surface area contributed by atoms with E-state index in [1.54, 1.807) is 6.20 Å². The number of dihydropyridines is 1. The topological polar surface area (TPSA) is 66.9 Å². The van der Waals surface area contributed by atoms with E-state index in [4.69, 9.17) is 10.7 Å². The molecule has 0 saturated carbocycles. The number of anilines is 2. The maximum atomic E-state index is 5.94. The summed E-state index contributed by atoms with van der Waals surface area (Å²) in [6, 6.07) is 12.6. The van der Waals surface area contributed by atoms with Gasteiger partial charge in [-0.3, -0.25) is 9.98 Å². The molecule has 0 amide bonds. The second-order valence-electron chi connectivity index (χ2n) is 7.17. The Balaban J connectivity index is 1.58. The number of benzene rings is 1. The summed E-state index contributed by atoms with van der Waals surface area (Å²) in [4.78, 5) is 16.1. The van der Waals surface area contributed by atoms with Crippen LogP contribution in [-0.2, 0) is 6.42 Å². The van der Waals surface area contributed by atoms with Gasteiger partial charge < -0.3 is 10.6 Å². The van der Waals surface area contributed by atoms with E-state index in [1.807, 2.05) is 19.1 Å². The van der Waals surface area contributed by atoms with Crippen LogP contribution in [0.5, 0.6) is 0 Å². The van der Waals surface area contributed by atoms with Gasteiger partial charge in [-0.2, -0.15) is 0 Å². The molecule has 5 nitrogen and oxygen atoms in total. The molecule has 0 aliphatic carbocycles. The highest BCUT2D eigenvalue weighted by atomic mass is 15.1. The molecule has 0 fully saturated rings. The van der Waals surface area contributed by atoms with Crippen molar-refractivity contribution in [3.05, 3.63) is 76.6 Å². The standard InChI is InChI=1S/C22H21N5/c1-14-10-17-18(13-27-9-7-15-4-2-3-5-20(15)27)22(25-12-19(17)26-14)16-6-8-24-21(23)11-16/h2-6,8,10-11H,7,9,12-13H2,1H3,(H2,23,24). The van der Waals surface area contributed by atoms with Gasteiger partial charge in [0.25, 0.3) is 0 Å². The van der Waals surface area contributed by atoms with Crippen LogP contribution in [0, 0.1) is 0 Å². The molecule has 2 aromatic rings. The molecular formula is C22H21N5. The Bertz CT molecular complexity index is 1060. The van der Waals surface area contributed by atoms with E-state index < -0.39 is 0 Å². The third kappa shape index (κ3) is 2.76. The van der Waals surface area contributed by atoms with Gasteiger partial charge in [-0.05, 0) is 43.2 Å². The van der Waals surface area contributed by atoms with E-state index in [0.717, 1.165) is 42.2 Å². The lowest BCUT2D eigenvalue weighted by atomic mass is 9.92. The predicted molar refractivity (Wildman–Crippen MR) is 111 cm³/mol. The number of nitrogens with zero attached hydrogens (tertiary/aromatic N) is 4. The molecular weight excluding hydrogens is 334 g/mol. The second-order valence-corrected chi connectivity index (χ2v) is 7.17. The smallest absolute Gasteiger partial charge is 0.123 e. The summed E-state index contributed by atoms with van der Waals surface area (Å²) in [5, 5.41) is 0. The van der Waals surface area contributed by atoms with Crippen LogP contribution in [0.2, 0.25) is 0 Å². The number of hydrogen-bond acceptors (Lipinski definition) is 5. The zero-order valence-corrected chi connectivity index (χ0v) is 15.3. The number of para-hydroxylation sites is 1. The monoisotopic (exact) mass is 355 g/mol. The number of aliphatic imine (C=N–C) groups is 2. The number of allylic oxidation sites excluding steroid dienone is 2. The van der Waals surface area contributed by atoms with E-state index in [0.29, 0.717) is 12.4 Å². The third-order valence-electron chi connectivity index (χ3n) is 5.36. The van der Waals surface area contributed by atoms with Crippen molar-refractivity contribution in [1.29, 1.82) is 0 Å². The van der Waals surface area contributed by atoms with Crippen molar-refractivity contribution in [2.45, 2.75) is 13.3 Å². The number of fused-ring (bicyclic) bond motifs is 2. The van der Waals surface area contributed by atoms with E-state index in [-0.39, 0.29) is 0 Å². The lowest BCUT2D eigenvalue weighted by molar-refractivity contribution is 0.890. The van der Waals surface area contributed by atoms with Crippen LogP contribution in [0.1, 0.15) is 18.1 Å². The van der Waals surface area contributed by atoms with Crippen LogP contribution < -0.4 is 10.6 Å². The highest BCUT2D eigenvalue weighted by Gasteiger charge is 2.28. The van der Waals surface area contributed by atoms with Crippen LogP contribution >= 0.6 is 0 Å². The minimum absolute atomic E-state index is 0.517. The zero-order chi connectivity index (χ0) is 18.4. The van der Waals surface area contributed by atoms with E-state index in [9.17, 15) is 0 Å². The molecule has 134 valence electrons.